The molecule has 1 aliphatic rings. The second-order valence-corrected chi connectivity index (χ2v) is 4.54. The zero-order valence-electron chi connectivity index (χ0n) is 9.26. The lowest BCUT2D eigenvalue weighted by Gasteiger charge is -2.16. The molecule has 0 spiro atoms. The number of carbonyl (C=O) groups excluding carboxylic acids is 1. The average molecular weight is 250 g/mol. The fourth-order valence-corrected chi connectivity index (χ4v) is 1.85. The molecule has 5 heteroatoms. The Morgan fingerprint density at radius 1 is 1.41 bits per heavy atom. The Balaban J connectivity index is 1.90. The highest BCUT2D eigenvalue weighted by Gasteiger charge is 2.34. The summed E-state index contributed by atoms with van der Waals surface area (Å²) >= 11 is 4.92. The monoisotopic (exact) mass is 250 g/mol. The first kappa shape index (κ1) is 11.9. The van der Waals surface area contributed by atoms with Gasteiger partial charge in [0.15, 0.2) is 0 Å². The van der Waals surface area contributed by atoms with E-state index < -0.39 is 6.09 Å². The van der Waals surface area contributed by atoms with Crippen molar-refractivity contribution in [1.29, 1.82) is 0 Å². The minimum atomic E-state index is -0.513. The molecule has 1 aromatic carbocycles. The first-order valence-electron chi connectivity index (χ1n) is 5.49. The molecular weight excluding hydrogens is 236 g/mol. The van der Waals surface area contributed by atoms with Gasteiger partial charge in [-0.05, 0) is 30.9 Å². The molecule has 1 aromatic rings. The van der Waals surface area contributed by atoms with Gasteiger partial charge < -0.3 is 15.8 Å². The van der Waals surface area contributed by atoms with Crippen LogP contribution in [-0.4, -0.2) is 17.1 Å². The number of nitrogens with one attached hydrogen (secondary N) is 1. The topological polar surface area (TPSA) is 64.3 Å². The number of hydrogen-bond acceptors (Lipinski definition) is 3. The SMILES string of the molecule is NC(=S)C(NC(=O)Oc1ccccc1)C1CC1. The van der Waals surface area contributed by atoms with Crippen molar-refractivity contribution in [3.63, 3.8) is 0 Å². The third-order valence-corrected chi connectivity index (χ3v) is 2.88. The van der Waals surface area contributed by atoms with Gasteiger partial charge in [0, 0.05) is 0 Å². The van der Waals surface area contributed by atoms with Crippen LogP contribution in [0.3, 0.4) is 0 Å². The number of thiocarbonyl (C=S) groups is 1. The van der Waals surface area contributed by atoms with Crippen molar-refractivity contribution in [2.75, 3.05) is 0 Å². The quantitative estimate of drug-likeness (QED) is 0.800. The number of ether oxygens (including phenoxy) is 1. The molecule has 0 saturated heterocycles. The van der Waals surface area contributed by atoms with Crippen LogP contribution in [0.5, 0.6) is 5.75 Å². The van der Waals surface area contributed by atoms with Crippen molar-refractivity contribution in [2.24, 2.45) is 11.7 Å². The Morgan fingerprint density at radius 3 is 2.59 bits per heavy atom. The first-order chi connectivity index (χ1) is 8.16. The van der Waals surface area contributed by atoms with Crippen LogP contribution in [0.4, 0.5) is 4.79 Å². The smallest absolute Gasteiger partial charge is 0.410 e. The van der Waals surface area contributed by atoms with Crippen LogP contribution in [0.2, 0.25) is 0 Å². The van der Waals surface area contributed by atoms with Gasteiger partial charge in [-0.25, -0.2) is 4.79 Å². The summed E-state index contributed by atoms with van der Waals surface area (Å²) < 4.78 is 5.11. The third-order valence-electron chi connectivity index (χ3n) is 2.63. The number of hydrogen-bond donors (Lipinski definition) is 2. The van der Waals surface area contributed by atoms with Crippen LogP contribution in [-0.2, 0) is 0 Å². The molecule has 0 bridgehead atoms. The lowest BCUT2D eigenvalue weighted by atomic mass is 10.2. The van der Waals surface area contributed by atoms with Crippen LogP contribution in [0.25, 0.3) is 0 Å². The molecule has 1 amide bonds. The normalized spacial score (nSPS) is 16.0. The van der Waals surface area contributed by atoms with Crippen molar-refractivity contribution in [3.8, 4) is 5.75 Å². The summed E-state index contributed by atoms with van der Waals surface area (Å²) in [6, 6.07) is 8.63. The van der Waals surface area contributed by atoms with Crippen LogP contribution < -0.4 is 15.8 Å². The standard InChI is InChI=1S/C12H14N2O2S/c13-11(17)10(8-6-7-8)14-12(15)16-9-4-2-1-3-5-9/h1-5,8,10H,6-7H2,(H2,13,17)(H,14,15). The highest BCUT2D eigenvalue weighted by atomic mass is 32.1. The number of benzene rings is 1. The number of carbonyl (C=O) groups is 1. The van der Waals surface area contributed by atoms with Gasteiger partial charge in [-0.1, -0.05) is 30.4 Å². The van der Waals surface area contributed by atoms with E-state index in [0.717, 1.165) is 12.8 Å². The number of amides is 1. The van der Waals surface area contributed by atoms with Gasteiger partial charge in [-0.3, -0.25) is 0 Å². The van der Waals surface area contributed by atoms with Gasteiger partial charge in [0.2, 0.25) is 0 Å². The summed E-state index contributed by atoms with van der Waals surface area (Å²) in [6.45, 7) is 0. The molecule has 1 saturated carbocycles. The van der Waals surface area contributed by atoms with Crippen molar-refractivity contribution < 1.29 is 9.53 Å². The Bertz CT molecular complexity index is 418. The zero-order valence-corrected chi connectivity index (χ0v) is 10.1. The molecule has 0 radical (unpaired) electrons. The van der Waals surface area contributed by atoms with E-state index in [9.17, 15) is 4.79 Å². The minimum absolute atomic E-state index is 0.249. The molecule has 0 aliphatic heterocycles. The fraction of sp³-hybridized carbons (Fsp3) is 0.333. The molecule has 17 heavy (non-hydrogen) atoms. The molecule has 90 valence electrons. The summed E-state index contributed by atoms with van der Waals surface area (Å²) in [5, 5.41) is 2.70. The van der Waals surface area contributed by atoms with Gasteiger partial charge in [0.1, 0.15) is 5.75 Å². The highest BCUT2D eigenvalue weighted by Crippen LogP contribution is 2.32. The summed E-state index contributed by atoms with van der Waals surface area (Å²) in [5.74, 6) is 0.873. The summed E-state index contributed by atoms with van der Waals surface area (Å²) in [5.41, 5.74) is 5.58. The van der Waals surface area contributed by atoms with Gasteiger partial charge in [0.05, 0.1) is 11.0 Å². The second-order valence-electron chi connectivity index (χ2n) is 4.06. The second kappa shape index (κ2) is 5.14. The summed E-state index contributed by atoms with van der Waals surface area (Å²) in [4.78, 5) is 11.9. The van der Waals surface area contributed by atoms with E-state index in [-0.39, 0.29) is 6.04 Å². The molecule has 2 rings (SSSR count). The van der Waals surface area contributed by atoms with E-state index in [2.05, 4.69) is 5.32 Å². The Kier molecular flexibility index (Phi) is 3.58. The molecule has 0 heterocycles. The Hall–Kier alpha value is -1.62. The lowest BCUT2D eigenvalue weighted by Crippen LogP contribution is -2.46. The first-order valence-corrected chi connectivity index (χ1v) is 5.90. The van der Waals surface area contributed by atoms with Crippen molar-refractivity contribution in [1.82, 2.24) is 5.32 Å². The van der Waals surface area contributed by atoms with Crippen molar-refractivity contribution in [3.05, 3.63) is 30.3 Å². The van der Waals surface area contributed by atoms with Gasteiger partial charge >= 0.3 is 6.09 Å². The molecule has 4 nitrogen and oxygen atoms in total. The maximum atomic E-state index is 11.6. The van der Waals surface area contributed by atoms with Crippen LogP contribution in [0.1, 0.15) is 12.8 Å². The maximum absolute atomic E-state index is 11.6. The number of para-hydroxylation sites is 1. The average Bonchev–Trinajstić information content (AvgIpc) is 3.11. The van der Waals surface area contributed by atoms with E-state index in [4.69, 9.17) is 22.7 Å². The fourth-order valence-electron chi connectivity index (χ4n) is 1.60. The predicted molar refractivity (Wildman–Crippen MR) is 68.9 cm³/mol. The van der Waals surface area contributed by atoms with E-state index in [1.807, 2.05) is 6.07 Å². The van der Waals surface area contributed by atoms with E-state index in [1.54, 1.807) is 24.3 Å². The molecule has 1 unspecified atom stereocenters. The van der Waals surface area contributed by atoms with Crippen molar-refractivity contribution in [2.45, 2.75) is 18.9 Å². The molecule has 1 atom stereocenters. The predicted octanol–water partition coefficient (Wildman–Crippen LogP) is 1.84. The summed E-state index contributed by atoms with van der Waals surface area (Å²) in [6.07, 6.45) is 1.59. The van der Waals surface area contributed by atoms with Crippen LogP contribution in [0.15, 0.2) is 30.3 Å². The molecule has 3 N–H and O–H groups in total. The maximum Gasteiger partial charge on any atom is 0.413 e. The number of nitrogens with two attached hydrogens (primary N) is 1. The molecule has 1 fully saturated rings. The van der Waals surface area contributed by atoms with E-state index >= 15 is 0 Å². The minimum Gasteiger partial charge on any atom is -0.410 e. The molecule has 1 aliphatic carbocycles. The highest BCUT2D eigenvalue weighted by molar-refractivity contribution is 7.80. The van der Waals surface area contributed by atoms with Crippen molar-refractivity contribution >= 4 is 23.3 Å². The van der Waals surface area contributed by atoms with Crippen LogP contribution >= 0.6 is 12.2 Å². The molecular formula is C12H14N2O2S. The largest absolute Gasteiger partial charge is 0.413 e. The molecule has 0 aromatic heterocycles. The van der Waals surface area contributed by atoms with Gasteiger partial charge in [0.25, 0.3) is 0 Å². The Morgan fingerprint density at radius 2 is 2.06 bits per heavy atom. The van der Waals surface area contributed by atoms with E-state index in [1.165, 1.54) is 0 Å². The summed E-state index contributed by atoms with van der Waals surface area (Å²) in [7, 11) is 0. The van der Waals surface area contributed by atoms with Gasteiger partial charge in [-0.15, -0.1) is 0 Å². The lowest BCUT2D eigenvalue weighted by molar-refractivity contribution is 0.198. The van der Waals surface area contributed by atoms with Gasteiger partial charge in [-0.2, -0.15) is 0 Å². The van der Waals surface area contributed by atoms with E-state index in [0.29, 0.717) is 16.7 Å². The Labute approximate surface area is 105 Å². The number of rotatable bonds is 4. The zero-order chi connectivity index (χ0) is 12.3. The third kappa shape index (κ3) is 3.42. The van der Waals surface area contributed by atoms with Crippen LogP contribution in [0, 0.1) is 5.92 Å².